The lowest BCUT2D eigenvalue weighted by Crippen LogP contribution is -2.26. The minimum absolute atomic E-state index is 0.117. The van der Waals surface area contributed by atoms with Crippen molar-refractivity contribution >= 4 is 22.7 Å². The number of hydrogen-bond donors (Lipinski definition) is 3. The van der Waals surface area contributed by atoms with Crippen LogP contribution in [-0.2, 0) is 0 Å². The van der Waals surface area contributed by atoms with Gasteiger partial charge >= 0.3 is 0 Å². The molecule has 1 saturated heterocycles. The van der Waals surface area contributed by atoms with Crippen molar-refractivity contribution < 1.29 is 0 Å². The Balaban J connectivity index is 1.27. The molecule has 1 aliphatic heterocycles. The predicted molar refractivity (Wildman–Crippen MR) is 141 cm³/mol. The predicted octanol–water partition coefficient (Wildman–Crippen LogP) is 5.68. The van der Waals surface area contributed by atoms with E-state index in [1.807, 2.05) is 29.3 Å². The van der Waals surface area contributed by atoms with Crippen LogP contribution in [0.25, 0.3) is 22.3 Å². The quantitative estimate of drug-likeness (QED) is 0.314. The molecule has 2 fully saturated rings. The van der Waals surface area contributed by atoms with Crippen LogP contribution < -0.4 is 10.6 Å². The summed E-state index contributed by atoms with van der Waals surface area (Å²) in [4.78, 5) is 12.8. The van der Waals surface area contributed by atoms with Crippen LogP contribution in [0.4, 0.5) is 11.6 Å². The van der Waals surface area contributed by atoms with Gasteiger partial charge in [-0.05, 0) is 74.4 Å². The third-order valence-electron chi connectivity index (χ3n) is 7.85. The Hall–Kier alpha value is -3.70. The molecule has 4 aromatic rings. The van der Waals surface area contributed by atoms with E-state index in [0.29, 0.717) is 24.2 Å². The molecule has 4 heterocycles. The number of nitrogens with one attached hydrogen (secondary N) is 3. The zero-order valence-corrected chi connectivity index (χ0v) is 20.5. The Labute approximate surface area is 211 Å². The molecule has 3 aromatic heterocycles. The number of aromatic amines is 1. The lowest BCUT2D eigenvalue weighted by atomic mass is 9.90. The second-order valence-electron chi connectivity index (χ2n) is 10.1. The summed E-state index contributed by atoms with van der Waals surface area (Å²) in [7, 11) is 0. The van der Waals surface area contributed by atoms with Crippen LogP contribution in [-0.4, -0.2) is 37.8 Å². The minimum atomic E-state index is 0.117. The highest BCUT2D eigenvalue weighted by Gasteiger charge is 2.27. The molecule has 0 radical (unpaired) electrons. The fourth-order valence-corrected chi connectivity index (χ4v) is 5.89. The molecule has 0 unspecified atom stereocenters. The highest BCUT2D eigenvalue weighted by molar-refractivity contribution is 5.91. The molecular weight excluding hydrogens is 448 g/mol. The van der Waals surface area contributed by atoms with Crippen molar-refractivity contribution in [3.05, 3.63) is 54.5 Å². The average molecular weight is 481 g/mol. The smallest absolute Gasteiger partial charge is 0.229 e. The molecule has 1 saturated carbocycles. The van der Waals surface area contributed by atoms with Crippen molar-refractivity contribution in [3.63, 3.8) is 0 Å². The summed E-state index contributed by atoms with van der Waals surface area (Å²) < 4.78 is 1.99. The third kappa shape index (κ3) is 4.59. The topological polar surface area (TPSA) is 107 Å². The van der Waals surface area contributed by atoms with Gasteiger partial charge in [0.15, 0.2) is 0 Å². The number of piperidine rings is 1. The van der Waals surface area contributed by atoms with Gasteiger partial charge in [0.2, 0.25) is 5.95 Å². The van der Waals surface area contributed by atoms with Crippen LogP contribution in [0, 0.1) is 17.2 Å². The number of anilines is 2. The van der Waals surface area contributed by atoms with Gasteiger partial charge in [-0.2, -0.15) is 15.3 Å². The third-order valence-corrected chi connectivity index (χ3v) is 7.85. The van der Waals surface area contributed by atoms with Gasteiger partial charge in [0, 0.05) is 29.0 Å². The van der Waals surface area contributed by atoms with Crippen molar-refractivity contribution in [3.8, 4) is 17.3 Å². The first-order valence-corrected chi connectivity index (χ1v) is 13.1. The van der Waals surface area contributed by atoms with Gasteiger partial charge in [-0.1, -0.05) is 25.0 Å². The summed E-state index contributed by atoms with van der Waals surface area (Å²) in [6.07, 6.45) is 13.5. The van der Waals surface area contributed by atoms with Crippen LogP contribution in [0.1, 0.15) is 62.5 Å². The van der Waals surface area contributed by atoms with E-state index in [4.69, 9.17) is 9.97 Å². The van der Waals surface area contributed by atoms with Gasteiger partial charge in [-0.25, -0.2) is 4.98 Å². The van der Waals surface area contributed by atoms with Gasteiger partial charge in [0.05, 0.1) is 30.4 Å². The van der Waals surface area contributed by atoms with Gasteiger partial charge in [-0.15, -0.1) is 0 Å². The molecule has 8 nitrogen and oxygen atoms in total. The van der Waals surface area contributed by atoms with Crippen molar-refractivity contribution in [1.29, 1.82) is 5.26 Å². The molecule has 1 aliphatic carbocycles. The zero-order valence-electron chi connectivity index (χ0n) is 20.5. The number of aromatic nitrogens is 5. The summed E-state index contributed by atoms with van der Waals surface area (Å²) in [5.41, 5.74) is 4.92. The first kappa shape index (κ1) is 22.7. The Morgan fingerprint density at radius 3 is 2.64 bits per heavy atom. The first-order chi connectivity index (χ1) is 17.8. The Morgan fingerprint density at radius 1 is 1.06 bits per heavy atom. The van der Waals surface area contributed by atoms with E-state index in [2.05, 4.69) is 51.1 Å². The zero-order chi connectivity index (χ0) is 24.3. The molecule has 1 atom stereocenters. The molecule has 6 rings (SSSR count). The van der Waals surface area contributed by atoms with Crippen molar-refractivity contribution in [2.24, 2.45) is 5.92 Å². The fraction of sp³-hybridized carbons (Fsp3) is 0.429. The van der Waals surface area contributed by atoms with Crippen LogP contribution >= 0.6 is 0 Å². The number of nitriles is 1. The summed E-state index contributed by atoms with van der Waals surface area (Å²) >= 11 is 0. The summed E-state index contributed by atoms with van der Waals surface area (Å²) in [5.74, 6) is 1.69. The summed E-state index contributed by atoms with van der Waals surface area (Å²) in [5, 5.41) is 21.9. The van der Waals surface area contributed by atoms with E-state index in [-0.39, 0.29) is 6.04 Å². The number of benzene rings is 1. The van der Waals surface area contributed by atoms with Gasteiger partial charge in [-0.3, -0.25) is 4.68 Å². The van der Waals surface area contributed by atoms with Crippen molar-refractivity contribution in [1.82, 2.24) is 30.0 Å². The standard InChI is InChI=1S/C28H32N8/c29-13-9-25(21-3-1-2-4-21)36-18-22(17-32-36)26-24-12-16-31-27(24)35-28(34-26)33-23-7-5-19(6-8-23)20-10-14-30-15-11-20/h5-8,12,16-18,20-21,25,30H,1-4,9-11,14-15H2,(H2,31,33,34,35)/t25-/m0/s1. The van der Waals surface area contributed by atoms with Crippen LogP contribution in [0.15, 0.2) is 48.9 Å². The highest BCUT2D eigenvalue weighted by atomic mass is 15.3. The molecule has 0 amide bonds. The Kier molecular flexibility index (Phi) is 6.39. The maximum Gasteiger partial charge on any atom is 0.229 e. The Bertz CT molecular complexity index is 1350. The fourth-order valence-electron chi connectivity index (χ4n) is 5.89. The number of H-pyrrole nitrogens is 1. The molecule has 184 valence electrons. The molecule has 3 N–H and O–H groups in total. The lowest BCUT2D eigenvalue weighted by molar-refractivity contribution is 0.315. The first-order valence-electron chi connectivity index (χ1n) is 13.1. The van der Waals surface area contributed by atoms with Crippen LogP contribution in [0.5, 0.6) is 0 Å². The maximum absolute atomic E-state index is 9.44. The molecule has 2 aliphatic rings. The van der Waals surface area contributed by atoms with E-state index in [1.54, 1.807) is 0 Å². The SMILES string of the molecule is N#CC[C@@H](C1CCCC1)n1cc(-c2nc(Nc3ccc(C4CCNCC4)cc3)nc3[nH]ccc23)cn1. The molecule has 0 spiro atoms. The Morgan fingerprint density at radius 2 is 1.86 bits per heavy atom. The van der Waals surface area contributed by atoms with E-state index >= 15 is 0 Å². The van der Waals surface area contributed by atoms with Gasteiger partial charge in [0.25, 0.3) is 0 Å². The van der Waals surface area contributed by atoms with Crippen molar-refractivity contribution in [2.45, 2.75) is 56.9 Å². The molecule has 0 bridgehead atoms. The van der Waals surface area contributed by atoms with E-state index in [0.717, 1.165) is 41.1 Å². The largest absolute Gasteiger partial charge is 0.346 e. The minimum Gasteiger partial charge on any atom is -0.346 e. The second-order valence-corrected chi connectivity index (χ2v) is 10.1. The van der Waals surface area contributed by atoms with E-state index in [9.17, 15) is 5.26 Å². The second kappa shape index (κ2) is 10.1. The number of fused-ring (bicyclic) bond motifs is 1. The molecule has 1 aromatic carbocycles. The molecular formula is C28H32N8. The molecule has 36 heavy (non-hydrogen) atoms. The normalized spacial score (nSPS) is 17.9. The summed E-state index contributed by atoms with van der Waals surface area (Å²) in [6, 6.07) is 13.2. The number of rotatable bonds is 7. The van der Waals surface area contributed by atoms with E-state index in [1.165, 1.54) is 44.1 Å². The van der Waals surface area contributed by atoms with Crippen LogP contribution in [0.3, 0.4) is 0 Å². The lowest BCUT2D eigenvalue weighted by Gasteiger charge is -2.23. The highest BCUT2D eigenvalue weighted by Crippen LogP contribution is 2.37. The van der Waals surface area contributed by atoms with Gasteiger partial charge in [0.1, 0.15) is 5.65 Å². The number of nitrogens with zero attached hydrogens (tertiary/aromatic N) is 5. The van der Waals surface area contributed by atoms with E-state index < -0.39 is 0 Å². The van der Waals surface area contributed by atoms with Crippen molar-refractivity contribution in [2.75, 3.05) is 18.4 Å². The number of hydrogen-bond acceptors (Lipinski definition) is 6. The summed E-state index contributed by atoms with van der Waals surface area (Å²) in [6.45, 7) is 2.18. The monoisotopic (exact) mass is 480 g/mol. The average Bonchev–Trinajstić information content (AvgIpc) is 3.70. The maximum atomic E-state index is 9.44. The van der Waals surface area contributed by atoms with Gasteiger partial charge < -0.3 is 15.6 Å². The van der Waals surface area contributed by atoms with Crippen LogP contribution in [0.2, 0.25) is 0 Å². The molecule has 8 heteroatoms.